The van der Waals surface area contributed by atoms with Crippen LogP contribution in [-0.4, -0.2) is 33.6 Å². The second-order valence-electron chi connectivity index (χ2n) is 6.14. The molecule has 1 aromatic heterocycles. The zero-order chi connectivity index (χ0) is 20.5. The predicted molar refractivity (Wildman–Crippen MR) is 107 cm³/mol. The molecular formula is C21H21N5O3. The molecule has 2 N–H and O–H groups in total. The Labute approximate surface area is 168 Å². The van der Waals surface area contributed by atoms with Crippen LogP contribution >= 0.6 is 0 Å². The smallest absolute Gasteiger partial charge is 0.269 e. The minimum Gasteiger partial charge on any atom is -0.497 e. The van der Waals surface area contributed by atoms with Gasteiger partial charge in [0.1, 0.15) is 18.1 Å². The Balaban J connectivity index is 1.59. The molecule has 1 unspecified atom stereocenters. The normalized spacial score (nSPS) is 11.1. The van der Waals surface area contributed by atoms with Gasteiger partial charge in [0, 0.05) is 6.42 Å². The summed E-state index contributed by atoms with van der Waals surface area (Å²) >= 11 is 0. The molecule has 3 aromatic rings. The van der Waals surface area contributed by atoms with Crippen LogP contribution in [0.4, 0.5) is 5.95 Å². The average Bonchev–Trinajstić information content (AvgIpc) is 3.25. The molecule has 1 amide bonds. The van der Waals surface area contributed by atoms with Gasteiger partial charge in [0.25, 0.3) is 5.95 Å². The molecule has 0 saturated heterocycles. The number of anilines is 1. The van der Waals surface area contributed by atoms with Gasteiger partial charge in [-0.15, -0.1) is 11.0 Å². The highest BCUT2D eigenvalue weighted by Gasteiger charge is 2.15. The molecule has 3 rings (SSSR count). The summed E-state index contributed by atoms with van der Waals surface area (Å²) in [4.78, 5) is 12.2. The number of carbonyl (C=O) groups is 1. The number of rotatable bonds is 8. The van der Waals surface area contributed by atoms with Crippen LogP contribution in [0.3, 0.4) is 0 Å². The van der Waals surface area contributed by atoms with Crippen LogP contribution in [0.1, 0.15) is 30.4 Å². The molecule has 148 valence electrons. The fourth-order valence-electron chi connectivity index (χ4n) is 2.69. The third-order valence-electron chi connectivity index (χ3n) is 4.15. The lowest BCUT2D eigenvalue weighted by molar-refractivity contribution is -0.116. The van der Waals surface area contributed by atoms with Crippen molar-refractivity contribution in [3.63, 3.8) is 0 Å². The lowest BCUT2D eigenvalue weighted by Crippen LogP contribution is -2.16. The van der Waals surface area contributed by atoms with E-state index in [1.807, 2.05) is 48.5 Å². The summed E-state index contributed by atoms with van der Waals surface area (Å²) in [6.07, 6.45) is 0.182. The maximum atomic E-state index is 12.2. The number of carbonyl (C=O) groups excluding carboxylic acids is 1. The maximum Gasteiger partial charge on any atom is 0.269 e. The molecule has 0 bridgehead atoms. The summed E-state index contributed by atoms with van der Waals surface area (Å²) in [7, 11) is 1.64. The number of nitrogens with zero attached hydrogens (tertiary/aromatic N) is 3. The molecule has 0 aliphatic rings. The Morgan fingerprint density at radius 1 is 1.14 bits per heavy atom. The van der Waals surface area contributed by atoms with Crippen LogP contribution < -0.4 is 14.8 Å². The Morgan fingerprint density at radius 3 is 2.48 bits per heavy atom. The first-order valence-corrected chi connectivity index (χ1v) is 8.99. The number of aromatic amines is 1. The summed E-state index contributed by atoms with van der Waals surface area (Å²) in [6, 6.07) is 15.3. The van der Waals surface area contributed by atoms with Gasteiger partial charge in [-0.2, -0.15) is 5.21 Å². The van der Waals surface area contributed by atoms with Gasteiger partial charge in [-0.25, -0.2) is 0 Å². The van der Waals surface area contributed by atoms with Gasteiger partial charge in [0.2, 0.25) is 5.91 Å². The topological polar surface area (TPSA) is 102 Å². The van der Waals surface area contributed by atoms with Crippen molar-refractivity contribution in [1.29, 1.82) is 0 Å². The molecule has 0 aliphatic heterocycles. The average molecular weight is 391 g/mol. The molecule has 0 fully saturated rings. The fraction of sp³-hybridized carbons (Fsp3) is 0.238. The SMILES string of the molecule is CC#CC(CC(=O)Nc1nn[nH]n1)c1ccc(OCc2ccc(OC)cc2)cc1. The number of hydrogen-bond acceptors (Lipinski definition) is 6. The lowest BCUT2D eigenvalue weighted by atomic mass is 9.96. The van der Waals surface area contributed by atoms with Crippen molar-refractivity contribution in [2.45, 2.75) is 25.9 Å². The minimum absolute atomic E-state index is 0.139. The summed E-state index contributed by atoms with van der Waals surface area (Å²) in [5, 5.41) is 15.7. The summed E-state index contributed by atoms with van der Waals surface area (Å²) in [5.41, 5.74) is 1.97. The van der Waals surface area contributed by atoms with Crippen LogP contribution in [0.5, 0.6) is 11.5 Å². The highest BCUT2D eigenvalue weighted by atomic mass is 16.5. The van der Waals surface area contributed by atoms with Gasteiger partial charge >= 0.3 is 0 Å². The third kappa shape index (κ3) is 5.81. The Bertz CT molecular complexity index is 974. The molecule has 0 aliphatic carbocycles. The number of nitrogens with one attached hydrogen (secondary N) is 2. The van der Waals surface area contributed by atoms with Crippen LogP contribution in [0.25, 0.3) is 0 Å². The van der Waals surface area contributed by atoms with Crippen molar-refractivity contribution in [3.05, 3.63) is 59.7 Å². The standard InChI is InChI=1S/C21H21N5O3/c1-3-4-17(13-20(27)22-21-23-25-26-24-21)16-7-11-19(12-8-16)29-14-15-5-9-18(28-2)10-6-15/h5-12,17H,13-14H2,1-2H3,(H2,22,23,24,25,26,27). The molecule has 8 nitrogen and oxygen atoms in total. The lowest BCUT2D eigenvalue weighted by Gasteiger charge is -2.12. The van der Waals surface area contributed by atoms with Crippen LogP contribution in [0, 0.1) is 11.8 Å². The molecule has 29 heavy (non-hydrogen) atoms. The van der Waals surface area contributed by atoms with E-state index in [4.69, 9.17) is 9.47 Å². The molecule has 0 saturated carbocycles. The first-order chi connectivity index (χ1) is 14.2. The highest BCUT2D eigenvalue weighted by Crippen LogP contribution is 2.23. The van der Waals surface area contributed by atoms with E-state index >= 15 is 0 Å². The van der Waals surface area contributed by atoms with Gasteiger partial charge in [-0.3, -0.25) is 10.1 Å². The van der Waals surface area contributed by atoms with Crippen molar-refractivity contribution in [1.82, 2.24) is 20.6 Å². The van der Waals surface area contributed by atoms with Gasteiger partial charge in [-0.1, -0.05) is 35.3 Å². The van der Waals surface area contributed by atoms with Crippen molar-refractivity contribution in [3.8, 4) is 23.3 Å². The van der Waals surface area contributed by atoms with Crippen LogP contribution in [0.15, 0.2) is 48.5 Å². The van der Waals surface area contributed by atoms with Crippen molar-refractivity contribution in [2.75, 3.05) is 12.4 Å². The van der Waals surface area contributed by atoms with Gasteiger partial charge in [0.15, 0.2) is 0 Å². The molecule has 8 heteroatoms. The number of ether oxygens (including phenoxy) is 2. The molecule has 1 atom stereocenters. The third-order valence-corrected chi connectivity index (χ3v) is 4.15. The van der Waals surface area contributed by atoms with Gasteiger partial charge in [-0.05, 0) is 47.5 Å². The summed E-state index contributed by atoms with van der Waals surface area (Å²) < 4.78 is 11.0. The van der Waals surface area contributed by atoms with E-state index < -0.39 is 0 Å². The maximum absolute atomic E-state index is 12.2. The van der Waals surface area contributed by atoms with Gasteiger partial charge in [0.05, 0.1) is 13.0 Å². The quantitative estimate of drug-likeness (QED) is 0.573. The van der Waals surface area contributed by atoms with Crippen molar-refractivity contribution in [2.24, 2.45) is 0 Å². The van der Waals surface area contributed by atoms with Crippen LogP contribution in [0.2, 0.25) is 0 Å². The number of H-pyrrole nitrogens is 1. The zero-order valence-corrected chi connectivity index (χ0v) is 16.2. The first-order valence-electron chi connectivity index (χ1n) is 8.99. The molecule has 0 spiro atoms. The molecule has 2 aromatic carbocycles. The Kier molecular flexibility index (Phi) is 6.79. The fourth-order valence-corrected chi connectivity index (χ4v) is 2.69. The number of benzene rings is 2. The van der Waals surface area contributed by atoms with E-state index in [0.29, 0.717) is 6.61 Å². The number of methoxy groups -OCH3 is 1. The summed E-state index contributed by atoms with van der Waals surface area (Å²) in [5.74, 6) is 7.15. The molecule has 1 heterocycles. The minimum atomic E-state index is -0.248. The molecule has 0 radical (unpaired) electrons. The first kappa shape index (κ1) is 19.9. The van der Waals surface area contributed by atoms with E-state index in [-0.39, 0.29) is 24.2 Å². The van der Waals surface area contributed by atoms with E-state index in [9.17, 15) is 4.79 Å². The second-order valence-corrected chi connectivity index (χ2v) is 6.14. The van der Waals surface area contributed by atoms with Gasteiger partial charge < -0.3 is 9.47 Å². The van der Waals surface area contributed by atoms with Crippen molar-refractivity contribution < 1.29 is 14.3 Å². The van der Waals surface area contributed by atoms with E-state index in [1.54, 1.807) is 14.0 Å². The summed E-state index contributed by atoms with van der Waals surface area (Å²) in [6.45, 7) is 2.20. The largest absolute Gasteiger partial charge is 0.497 e. The van der Waals surface area contributed by atoms with Crippen molar-refractivity contribution >= 4 is 11.9 Å². The molecular weight excluding hydrogens is 370 g/mol. The van der Waals surface area contributed by atoms with E-state index in [0.717, 1.165) is 22.6 Å². The Hall–Kier alpha value is -3.86. The number of amides is 1. The number of hydrogen-bond donors (Lipinski definition) is 2. The van der Waals surface area contributed by atoms with E-state index in [2.05, 4.69) is 37.8 Å². The van der Waals surface area contributed by atoms with Crippen LogP contribution in [-0.2, 0) is 11.4 Å². The second kappa shape index (κ2) is 9.90. The highest BCUT2D eigenvalue weighted by molar-refractivity contribution is 5.89. The zero-order valence-electron chi connectivity index (χ0n) is 16.2. The predicted octanol–water partition coefficient (Wildman–Crippen LogP) is 2.92. The number of tetrazole rings is 1. The monoisotopic (exact) mass is 391 g/mol. The number of aromatic nitrogens is 4. The Morgan fingerprint density at radius 2 is 1.86 bits per heavy atom. The van der Waals surface area contributed by atoms with E-state index in [1.165, 1.54) is 0 Å².